The second-order valence-electron chi connectivity index (χ2n) is 20.7. The van der Waals surface area contributed by atoms with E-state index in [1.54, 1.807) is 67.0 Å². The monoisotopic (exact) mass is 1120 g/mol. The molecule has 7 rings (SSSR count). The largest absolute Gasteiger partial charge is 0.391 e. The minimum atomic E-state index is -1.70. The van der Waals surface area contributed by atoms with Gasteiger partial charge in [0.15, 0.2) is 0 Å². The van der Waals surface area contributed by atoms with E-state index in [0.29, 0.717) is 35.1 Å². The standard InChI is InChI=1S/C60H74N12O10/c1-37(73)54-59(81)70-50(31-39-18-6-3-7-19-39)60(82)72(36-51(62)74)29-15-26-52(75)63-28-14-25-53(76)66-47(30-38-16-4-2-5-17-38)56(78)68-49(33-41-35-65-45-23-11-9-21-43(41)45)58(80)69-48(32-40-34-64-44-22-10-8-20-42(40)44)57(79)67-46(55(77)71-54)24-12-13-27-61/h2-11,16-23,34-35,37,46-50,54,64-65,73H,12-15,24-33,36,61H2,1H3,(H2,62,74)(H,63,75)(H,66,76)(H,67,79)(H,68,78)(H,69,80)(H,70,81)(H,71,77)/t37-,46+,47+,48-,49+,50+,54?/m1/s1. The van der Waals surface area contributed by atoms with Crippen LogP contribution in [-0.2, 0) is 68.8 Å². The van der Waals surface area contributed by atoms with Gasteiger partial charge in [-0.25, -0.2) is 0 Å². The lowest BCUT2D eigenvalue weighted by Crippen LogP contribution is -2.62. The fourth-order valence-corrected chi connectivity index (χ4v) is 10.0. The number of aromatic amines is 2. The summed E-state index contributed by atoms with van der Waals surface area (Å²) in [6.45, 7) is 0.898. The predicted octanol–water partition coefficient (Wildman–Crippen LogP) is 1.34. The molecule has 22 heteroatoms. The minimum Gasteiger partial charge on any atom is -0.391 e. The average molecular weight is 1120 g/mol. The van der Waals surface area contributed by atoms with Crippen LogP contribution < -0.4 is 48.7 Å². The van der Waals surface area contributed by atoms with Gasteiger partial charge in [0.05, 0.1) is 12.6 Å². The topological polar surface area (TPSA) is 345 Å². The number of hydrogen-bond donors (Lipinski definition) is 12. The molecule has 6 aromatic rings. The molecule has 9 amide bonds. The van der Waals surface area contributed by atoms with E-state index in [4.69, 9.17) is 11.5 Å². The number of aliphatic hydroxyl groups is 1. The Morgan fingerprint density at radius 2 is 1.04 bits per heavy atom. The summed E-state index contributed by atoms with van der Waals surface area (Å²) in [5, 5.41) is 32.2. The van der Waals surface area contributed by atoms with Gasteiger partial charge in [-0.3, -0.25) is 43.2 Å². The van der Waals surface area contributed by atoms with Crippen LogP contribution >= 0.6 is 0 Å². The van der Waals surface area contributed by atoms with Gasteiger partial charge < -0.3 is 68.7 Å². The quantitative estimate of drug-likeness (QED) is 0.0651. The van der Waals surface area contributed by atoms with Gasteiger partial charge in [-0.05, 0) is 80.0 Å². The van der Waals surface area contributed by atoms with Crippen LogP contribution in [0, 0.1) is 0 Å². The molecule has 14 N–H and O–H groups in total. The van der Waals surface area contributed by atoms with Crippen LogP contribution in [0.4, 0.5) is 0 Å². The van der Waals surface area contributed by atoms with Crippen molar-refractivity contribution in [2.24, 2.45) is 11.5 Å². The van der Waals surface area contributed by atoms with Crippen molar-refractivity contribution >= 4 is 75.0 Å². The average Bonchev–Trinajstić information content (AvgIpc) is 4.31. The number of nitrogens with one attached hydrogen (secondary N) is 9. The number of aromatic nitrogens is 2. The highest BCUT2D eigenvalue weighted by molar-refractivity contribution is 5.98. The summed E-state index contributed by atoms with van der Waals surface area (Å²) in [5.74, 6) is -6.62. The minimum absolute atomic E-state index is 0.000336. The van der Waals surface area contributed by atoms with Crippen molar-refractivity contribution in [3.63, 3.8) is 0 Å². The van der Waals surface area contributed by atoms with Crippen LogP contribution in [0.3, 0.4) is 0 Å². The molecule has 0 saturated carbocycles. The molecule has 1 aliphatic heterocycles. The number of nitrogens with zero attached hydrogens (tertiary/aromatic N) is 1. The van der Waals surface area contributed by atoms with Crippen LogP contribution in [0.5, 0.6) is 0 Å². The lowest BCUT2D eigenvalue weighted by Gasteiger charge is -2.30. The third kappa shape index (κ3) is 17.6. The Morgan fingerprint density at radius 1 is 0.561 bits per heavy atom. The highest BCUT2D eigenvalue weighted by Crippen LogP contribution is 2.22. The molecule has 0 radical (unpaired) electrons. The van der Waals surface area contributed by atoms with Gasteiger partial charge in [-0.2, -0.15) is 0 Å². The summed E-state index contributed by atoms with van der Waals surface area (Å²) in [5.41, 5.74) is 15.6. The molecule has 3 heterocycles. The number of aliphatic hydroxyl groups excluding tert-OH is 1. The third-order valence-corrected chi connectivity index (χ3v) is 14.3. The Labute approximate surface area is 475 Å². The van der Waals surface area contributed by atoms with Gasteiger partial charge in [-0.15, -0.1) is 0 Å². The number of nitrogens with two attached hydrogens (primary N) is 2. The second kappa shape index (κ2) is 30.1. The molecule has 0 spiro atoms. The summed E-state index contributed by atoms with van der Waals surface area (Å²) >= 11 is 0. The first-order valence-corrected chi connectivity index (χ1v) is 27.8. The molecule has 1 aliphatic rings. The van der Waals surface area contributed by atoms with Gasteiger partial charge in [0, 0.05) is 85.8 Å². The number of primary amides is 1. The van der Waals surface area contributed by atoms with Crippen molar-refractivity contribution in [2.45, 2.75) is 120 Å². The van der Waals surface area contributed by atoms with E-state index < -0.39 is 102 Å². The van der Waals surface area contributed by atoms with Gasteiger partial charge in [-0.1, -0.05) is 97.1 Å². The number of hydrogen-bond acceptors (Lipinski definition) is 11. The zero-order valence-electron chi connectivity index (χ0n) is 45.9. The Morgan fingerprint density at radius 3 is 1.57 bits per heavy atom. The zero-order valence-corrected chi connectivity index (χ0v) is 45.9. The van der Waals surface area contributed by atoms with Gasteiger partial charge in [0.2, 0.25) is 53.2 Å². The molecule has 2 aromatic heterocycles. The Hall–Kier alpha value is -8.89. The molecule has 1 unspecified atom stereocenters. The Balaban J connectivity index is 1.26. The number of H-pyrrole nitrogens is 2. The first-order valence-electron chi connectivity index (χ1n) is 27.8. The number of unbranched alkanes of at least 4 members (excludes halogenated alkanes) is 1. The van der Waals surface area contributed by atoms with Crippen molar-refractivity contribution in [1.82, 2.24) is 52.1 Å². The molecule has 1 fully saturated rings. The van der Waals surface area contributed by atoms with Crippen molar-refractivity contribution in [3.8, 4) is 0 Å². The smallest absolute Gasteiger partial charge is 0.245 e. The fourth-order valence-electron chi connectivity index (χ4n) is 10.0. The van der Waals surface area contributed by atoms with Crippen LogP contribution in [0.1, 0.15) is 74.1 Å². The van der Waals surface area contributed by atoms with E-state index in [9.17, 15) is 38.7 Å². The summed E-state index contributed by atoms with van der Waals surface area (Å²) in [6, 6.07) is 24.1. The molecule has 434 valence electrons. The maximum absolute atomic E-state index is 15.1. The lowest BCUT2D eigenvalue weighted by molar-refractivity contribution is -0.140. The molecule has 0 bridgehead atoms. The summed E-state index contributed by atoms with van der Waals surface area (Å²) < 4.78 is 0. The first kappa shape index (κ1) is 60.7. The number of rotatable bonds is 15. The van der Waals surface area contributed by atoms with Gasteiger partial charge in [0.1, 0.15) is 36.3 Å². The maximum Gasteiger partial charge on any atom is 0.245 e. The zero-order chi connectivity index (χ0) is 58.5. The molecular weight excluding hydrogens is 1050 g/mol. The molecule has 4 aromatic carbocycles. The van der Waals surface area contributed by atoms with Crippen molar-refractivity contribution in [1.29, 1.82) is 0 Å². The van der Waals surface area contributed by atoms with Crippen LogP contribution in [-0.4, -0.2) is 142 Å². The van der Waals surface area contributed by atoms with Gasteiger partial charge >= 0.3 is 0 Å². The second-order valence-corrected chi connectivity index (χ2v) is 20.7. The van der Waals surface area contributed by atoms with Crippen molar-refractivity contribution < 1.29 is 48.3 Å². The number of benzene rings is 4. The van der Waals surface area contributed by atoms with Crippen LogP contribution in [0.25, 0.3) is 21.8 Å². The van der Waals surface area contributed by atoms with Crippen LogP contribution in [0.2, 0.25) is 0 Å². The molecular formula is C60H74N12O10. The summed E-state index contributed by atoms with van der Waals surface area (Å²) in [4.78, 5) is 135. The highest BCUT2D eigenvalue weighted by atomic mass is 16.3. The third-order valence-electron chi connectivity index (χ3n) is 14.3. The molecule has 0 aliphatic carbocycles. The normalized spacial score (nSPS) is 21.4. The SMILES string of the molecule is C[C@@H](O)C1NC(=O)[C@H](CCCCN)NC(=O)[C@@H](Cc2c[nH]c3ccccc23)NC(=O)[C@H](Cc2c[nH]c3ccccc23)NC(=O)[C@H](Cc2ccccc2)NC(=O)CCCNC(=O)CCCN(CC(N)=O)C(=O)[C@H](Cc2ccccc2)NC1=O. The number of carbonyl (C=O) groups excluding carboxylic acids is 9. The van der Waals surface area contributed by atoms with Gasteiger partial charge in [0.25, 0.3) is 0 Å². The lowest BCUT2D eigenvalue weighted by atomic mass is 10.00. The molecule has 7 atom stereocenters. The van der Waals surface area contributed by atoms with E-state index in [1.165, 1.54) is 6.92 Å². The summed E-state index contributed by atoms with van der Waals surface area (Å²) in [7, 11) is 0. The highest BCUT2D eigenvalue weighted by Gasteiger charge is 2.36. The van der Waals surface area contributed by atoms with E-state index in [1.807, 2.05) is 54.6 Å². The predicted molar refractivity (Wildman–Crippen MR) is 308 cm³/mol. The van der Waals surface area contributed by atoms with E-state index in [2.05, 4.69) is 47.2 Å². The molecule has 22 nitrogen and oxygen atoms in total. The number of para-hydroxylation sites is 2. The molecule has 1 saturated heterocycles. The van der Waals surface area contributed by atoms with E-state index in [0.717, 1.165) is 26.7 Å². The van der Waals surface area contributed by atoms with Crippen molar-refractivity contribution in [3.05, 3.63) is 144 Å². The molecule has 82 heavy (non-hydrogen) atoms. The van der Waals surface area contributed by atoms with Crippen molar-refractivity contribution in [2.75, 3.05) is 26.2 Å². The fraction of sp³-hybridized carbons (Fsp3) is 0.383. The number of amides is 9. The first-order chi connectivity index (χ1) is 39.6. The Kier molecular flexibility index (Phi) is 22.3. The number of fused-ring (bicyclic) bond motifs is 2. The maximum atomic E-state index is 15.1. The summed E-state index contributed by atoms with van der Waals surface area (Å²) in [6.07, 6.45) is 2.46. The van der Waals surface area contributed by atoms with E-state index >= 15 is 9.59 Å². The Bertz CT molecular complexity index is 3160. The number of carbonyl (C=O) groups is 9. The van der Waals surface area contributed by atoms with Crippen LogP contribution in [0.15, 0.2) is 122 Å². The van der Waals surface area contributed by atoms with E-state index in [-0.39, 0.29) is 77.4 Å².